The molecule has 0 radical (unpaired) electrons. The second kappa shape index (κ2) is 8.84. The molecule has 1 N–H and O–H groups in total. The summed E-state index contributed by atoms with van der Waals surface area (Å²) in [5.41, 5.74) is 4.93. The Morgan fingerprint density at radius 3 is 2.44 bits per heavy atom. The molecule has 0 bridgehead atoms. The topological polar surface area (TPSA) is 93.8 Å². The van der Waals surface area contributed by atoms with E-state index in [9.17, 15) is 9.59 Å². The third-order valence-corrected chi connectivity index (χ3v) is 5.46. The smallest absolute Gasteiger partial charge is 0.355 e. The van der Waals surface area contributed by atoms with Gasteiger partial charge in [-0.25, -0.2) is 14.6 Å². The molecule has 0 unspecified atom stereocenters. The molecule has 1 aliphatic rings. The quantitative estimate of drug-likeness (QED) is 0.610. The summed E-state index contributed by atoms with van der Waals surface area (Å²) in [5, 5.41) is 0. The number of esters is 2. The molecule has 2 aromatic carbocycles. The summed E-state index contributed by atoms with van der Waals surface area (Å²) in [6.07, 6.45) is 0. The number of rotatable bonds is 5. The van der Waals surface area contributed by atoms with Crippen molar-refractivity contribution in [1.82, 2.24) is 9.97 Å². The van der Waals surface area contributed by atoms with E-state index in [1.54, 1.807) is 4.90 Å². The minimum Gasteiger partial charge on any atom is -0.466 e. The molecule has 4 rings (SSSR count). The summed E-state index contributed by atoms with van der Waals surface area (Å²) < 4.78 is 15.2. The van der Waals surface area contributed by atoms with Crippen LogP contribution in [-0.4, -0.2) is 49.5 Å². The van der Waals surface area contributed by atoms with E-state index in [-0.39, 0.29) is 24.6 Å². The second-order valence-electron chi connectivity index (χ2n) is 7.78. The number of imidazole rings is 1. The zero-order chi connectivity index (χ0) is 22.8. The number of carbonyl (C=O) groups is 2. The molecule has 0 fully saturated rings. The number of anilines is 1. The molecule has 0 aliphatic carbocycles. The number of methoxy groups -OCH3 is 2. The van der Waals surface area contributed by atoms with Gasteiger partial charge in [0.15, 0.2) is 0 Å². The number of aromatic nitrogens is 2. The molecule has 2 heterocycles. The molecular formula is C24H25N3O5. The summed E-state index contributed by atoms with van der Waals surface area (Å²) >= 11 is 0. The highest BCUT2D eigenvalue weighted by molar-refractivity contribution is 6.03. The van der Waals surface area contributed by atoms with Crippen molar-refractivity contribution in [3.8, 4) is 11.4 Å². The van der Waals surface area contributed by atoms with E-state index >= 15 is 0 Å². The van der Waals surface area contributed by atoms with Crippen molar-refractivity contribution >= 4 is 28.7 Å². The molecule has 0 saturated carbocycles. The standard InChI is InChI=1S/C24H25N3O5/c1-14(2)16-7-10-19-20(11-16)26-22(25-19)15-5-8-17(9-6-15)27-13-32-12-18(23(28)30-3)21(27)24(29)31-4/h5-11,14H,12-13H2,1-4H3,(H,25,26). The molecule has 0 spiro atoms. The SMILES string of the molecule is COC(=O)C1=C(C(=O)OC)N(c2ccc(-c3nc4ccc(C(C)C)cc4[nH]3)cc2)COC1. The van der Waals surface area contributed by atoms with Crippen LogP contribution in [0.3, 0.4) is 0 Å². The second-order valence-corrected chi connectivity index (χ2v) is 7.78. The van der Waals surface area contributed by atoms with Crippen LogP contribution in [0, 0.1) is 0 Å². The molecule has 8 heteroatoms. The van der Waals surface area contributed by atoms with Crippen LogP contribution in [-0.2, 0) is 23.8 Å². The minimum atomic E-state index is -0.630. The Morgan fingerprint density at radius 2 is 1.78 bits per heavy atom. The van der Waals surface area contributed by atoms with Gasteiger partial charge in [-0.05, 0) is 47.9 Å². The molecule has 1 aromatic heterocycles. The molecule has 166 valence electrons. The number of fused-ring (bicyclic) bond motifs is 1. The number of benzene rings is 2. The lowest BCUT2D eigenvalue weighted by molar-refractivity contribution is -0.140. The van der Waals surface area contributed by atoms with E-state index < -0.39 is 11.9 Å². The van der Waals surface area contributed by atoms with Crippen molar-refractivity contribution in [1.29, 1.82) is 0 Å². The average Bonchev–Trinajstić information content (AvgIpc) is 3.26. The Labute approximate surface area is 185 Å². The maximum Gasteiger partial charge on any atom is 0.355 e. The Kier molecular flexibility index (Phi) is 5.96. The van der Waals surface area contributed by atoms with Gasteiger partial charge in [0, 0.05) is 11.3 Å². The van der Waals surface area contributed by atoms with Crippen LogP contribution in [0.1, 0.15) is 25.3 Å². The zero-order valence-corrected chi connectivity index (χ0v) is 18.5. The molecule has 0 amide bonds. The highest BCUT2D eigenvalue weighted by Crippen LogP contribution is 2.29. The molecule has 8 nitrogen and oxygen atoms in total. The Hall–Kier alpha value is -3.65. The normalized spacial score (nSPS) is 14.2. The first-order valence-electron chi connectivity index (χ1n) is 10.3. The van der Waals surface area contributed by atoms with Gasteiger partial charge in [-0.3, -0.25) is 0 Å². The van der Waals surface area contributed by atoms with Crippen molar-refractivity contribution in [2.45, 2.75) is 19.8 Å². The summed E-state index contributed by atoms with van der Waals surface area (Å²) in [5.74, 6) is -0.0729. The maximum absolute atomic E-state index is 12.4. The number of nitrogens with one attached hydrogen (secondary N) is 1. The van der Waals surface area contributed by atoms with Crippen LogP contribution in [0.15, 0.2) is 53.7 Å². The average molecular weight is 435 g/mol. The molecule has 0 saturated heterocycles. The number of carbonyl (C=O) groups excluding carboxylic acids is 2. The Bertz CT molecular complexity index is 1190. The van der Waals surface area contributed by atoms with Crippen LogP contribution in [0.4, 0.5) is 5.69 Å². The monoisotopic (exact) mass is 435 g/mol. The van der Waals surface area contributed by atoms with E-state index in [0.717, 1.165) is 22.4 Å². The summed E-state index contributed by atoms with van der Waals surface area (Å²) in [6.45, 7) is 4.39. The summed E-state index contributed by atoms with van der Waals surface area (Å²) in [6, 6.07) is 13.7. The van der Waals surface area contributed by atoms with Crippen molar-refractivity contribution < 1.29 is 23.8 Å². The van der Waals surface area contributed by atoms with Gasteiger partial charge in [0.1, 0.15) is 18.3 Å². The highest BCUT2D eigenvalue weighted by Gasteiger charge is 2.32. The third kappa shape index (κ3) is 3.97. The van der Waals surface area contributed by atoms with Crippen molar-refractivity contribution in [2.75, 3.05) is 32.5 Å². The highest BCUT2D eigenvalue weighted by atomic mass is 16.5. The fraction of sp³-hybridized carbons (Fsp3) is 0.292. The van der Waals surface area contributed by atoms with Crippen LogP contribution >= 0.6 is 0 Å². The van der Waals surface area contributed by atoms with Gasteiger partial charge in [-0.15, -0.1) is 0 Å². The van der Waals surface area contributed by atoms with Crippen molar-refractivity contribution in [3.63, 3.8) is 0 Å². The first-order chi connectivity index (χ1) is 15.4. The van der Waals surface area contributed by atoms with Gasteiger partial charge in [-0.2, -0.15) is 0 Å². The summed E-state index contributed by atoms with van der Waals surface area (Å²) in [7, 11) is 2.53. The molecule has 1 aliphatic heterocycles. The predicted octanol–water partition coefficient (Wildman–Crippen LogP) is 3.75. The van der Waals surface area contributed by atoms with Gasteiger partial charge in [0.25, 0.3) is 0 Å². The molecular weight excluding hydrogens is 410 g/mol. The van der Waals surface area contributed by atoms with E-state index in [0.29, 0.717) is 11.6 Å². The van der Waals surface area contributed by atoms with Gasteiger partial charge >= 0.3 is 11.9 Å². The number of H-pyrrole nitrogens is 1. The van der Waals surface area contributed by atoms with E-state index in [1.807, 2.05) is 30.3 Å². The van der Waals surface area contributed by atoms with Crippen LogP contribution in [0.2, 0.25) is 0 Å². The maximum atomic E-state index is 12.4. The van der Waals surface area contributed by atoms with Gasteiger partial charge in [0.2, 0.25) is 0 Å². The zero-order valence-electron chi connectivity index (χ0n) is 18.5. The van der Waals surface area contributed by atoms with E-state index in [1.165, 1.54) is 19.8 Å². The predicted molar refractivity (Wildman–Crippen MR) is 120 cm³/mol. The van der Waals surface area contributed by atoms with Crippen LogP contribution in [0.5, 0.6) is 0 Å². The van der Waals surface area contributed by atoms with Gasteiger partial charge < -0.3 is 24.1 Å². The van der Waals surface area contributed by atoms with Gasteiger partial charge in [-0.1, -0.05) is 19.9 Å². The van der Waals surface area contributed by atoms with Crippen LogP contribution < -0.4 is 4.90 Å². The molecule has 32 heavy (non-hydrogen) atoms. The number of hydrogen-bond donors (Lipinski definition) is 1. The van der Waals surface area contributed by atoms with E-state index in [4.69, 9.17) is 14.2 Å². The number of aromatic amines is 1. The number of nitrogens with zero attached hydrogens (tertiary/aromatic N) is 2. The lowest BCUT2D eigenvalue weighted by Crippen LogP contribution is -2.38. The fourth-order valence-electron chi connectivity index (χ4n) is 3.67. The number of ether oxygens (including phenoxy) is 3. The molecule has 0 atom stereocenters. The third-order valence-electron chi connectivity index (χ3n) is 5.46. The number of hydrogen-bond acceptors (Lipinski definition) is 7. The lowest BCUT2D eigenvalue weighted by atomic mass is 10.0. The summed E-state index contributed by atoms with van der Waals surface area (Å²) in [4.78, 5) is 34.3. The Morgan fingerprint density at radius 1 is 1.06 bits per heavy atom. The van der Waals surface area contributed by atoms with Gasteiger partial charge in [0.05, 0.1) is 37.4 Å². The first-order valence-corrected chi connectivity index (χ1v) is 10.3. The van der Waals surface area contributed by atoms with Crippen LogP contribution in [0.25, 0.3) is 22.4 Å². The Balaban J connectivity index is 1.68. The minimum absolute atomic E-state index is 0.0248. The van der Waals surface area contributed by atoms with Crippen molar-refractivity contribution in [2.24, 2.45) is 0 Å². The van der Waals surface area contributed by atoms with Crippen molar-refractivity contribution in [3.05, 3.63) is 59.3 Å². The fourth-order valence-corrected chi connectivity index (χ4v) is 3.67. The lowest BCUT2D eigenvalue weighted by Gasteiger charge is -2.31. The molecule has 3 aromatic rings. The van der Waals surface area contributed by atoms with E-state index in [2.05, 4.69) is 35.9 Å². The first kappa shape index (κ1) is 21.6. The largest absolute Gasteiger partial charge is 0.466 e.